The molecule has 1 saturated carbocycles. The van der Waals surface area contributed by atoms with Crippen molar-refractivity contribution in [2.45, 2.75) is 46.5 Å². The molecule has 17 heavy (non-hydrogen) atoms. The second kappa shape index (κ2) is 5.84. The van der Waals surface area contributed by atoms with Crippen LogP contribution in [0.5, 0.6) is 0 Å². The first kappa shape index (κ1) is 14.5. The maximum Gasteiger partial charge on any atom is 0.0628 e. The van der Waals surface area contributed by atoms with Crippen LogP contribution >= 0.6 is 0 Å². The maximum atomic E-state index is 8.87. The highest BCUT2D eigenvalue weighted by molar-refractivity contribution is 5.01. The summed E-state index contributed by atoms with van der Waals surface area (Å²) in [5, 5.41) is 8.87. The van der Waals surface area contributed by atoms with Crippen LogP contribution in [0.25, 0.3) is 0 Å². The summed E-state index contributed by atoms with van der Waals surface area (Å²) in [5.74, 6) is 0. The van der Waals surface area contributed by atoms with E-state index in [1.54, 1.807) is 0 Å². The summed E-state index contributed by atoms with van der Waals surface area (Å²) in [6.45, 7) is 10.6. The number of hydrogen-bond donors (Lipinski definition) is 1. The molecule has 0 spiro atoms. The van der Waals surface area contributed by atoms with Crippen molar-refractivity contribution in [1.82, 2.24) is 4.90 Å². The molecule has 98 valence electrons. The summed E-state index contributed by atoms with van der Waals surface area (Å²) in [4.78, 5) is 2.51. The van der Waals surface area contributed by atoms with E-state index in [2.05, 4.69) is 31.7 Å². The molecule has 0 saturated heterocycles. The number of hydrogen-bond acceptors (Lipinski definition) is 3. The Hall–Kier alpha value is -0.590. The minimum absolute atomic E-state index is 0.178. The fraction of sp³-hybridized carbons (Fsp3) is 0.929. The number of nitriles is 1. The van der Waals surface area contributed by atoms with Crippen LogP contribution in [0, 0.1) is 22.2 Å². The highest BCUT2D eigenvalue weighted by Gasteiger charge is 2.43. The predicted molar refractivity (Wildman–Crippen MR) is 71.5 cm³/mol. The minimum Gasteiger partial charge on any atom is -0.330 e. The summed E-state index contributed by atoms with van der Waals surface area (Å²) in [6, 6.07) is 2.34. The van der Waals surface area contributed by atoms with Gasteiger partial charge in [0.2, 0.25) is 0 Å². The molecule has 3 nitrogen and oxygen atoms in total. The number of nitrogens with two attached hydrogens (primary N) is 1. The lowest BCUT2D eigenvalue weighted by Gasteiger charge is -2.33. The van der Waals surface area contributed by atoms with Gasteiger partial charge in [0.1, 0.15) is 0 Å². The number of nitrogens with zero attached hydrogens (tertiary/aromatic N) is 2. The molecule has 2 N–H and O–H groups in total. The van der Waals surface area contributed by atoms with Gasteiger partial charge in [-0.05, 0) is 43.2 Å². The van der Waals surface area contributed by atoms with Crippen LogP contribution in [0.3, 0.4) is 0 Å². The Kier molecular flexibility index (Phi) is 4.97. The Bertz CT molecular complexity index is 274. The lowest BCUT2D eigenvalue weighted by molar-refractivity contribution is 0.153. The van der Waals surface area contributed by atoms with E-state index in [9.17, 15) is 0 Å². The summed E-state index contributed by atoms with van der Waals surface area (Å²) >= 11 is 0. The van der Waals surface area contributed by atoms with E-state index < -0.39 is 0 Å². The summed E-state index contributed by atoms with van der Waals surface area (Å²) in [6.07, 6.45) is 4.34. The highest BCUT2D eigenvalue weighted by Crippen LogP contribution is 2.49. The van der Waals surface area contributed by atoms with Crippen molar-refractivity contribution in [3.05, 3.63) is 0 Å². The van der Waals surface area contributed by atoms with E-state index in [4.69, 9.17) is 11.0 Å². The molecule has 0 aromatic carbocycles. The minimum atomic E-state index is 0.178. The highest BCUT2D eigenvalue weighted by atomic mass is 15.1. The Balaban J connectivity index is 2.52. The van der Waals surface area contributed by atoms with E-state index in [1.807, 2.05) is 0 Å². The molecule has 0 amide bonds. The molecule has 1 fully saturated rings. The molecule has 1 rings (SSSR count). The maximum absolute atomic E-state index is 8.87. The second-order valence-corrected chi connectivity index (χ2v) is 6.41. The molecule has 0 aliphatic heterocycles. The average molecular weight is 237 g/mol. The van der Waals surface area contributed by atoms with Crippen molar-refractivity contribution in [3.8, 4) is 6.07 Å². The van der Waals surface area contributed by atoms with Gasteiger partial charge in [-0.1, -0.05) is 20.8 Å². The van der Waals surface area contributed by atoms with Crippen LogP contribution in [0.4, 0.5) is 0 Å². The third-order valence-electron chi connectivity index (χ3n) is 3.71. The molecule has 0 aromatic heterocycles. The van der Waals surface area contributed by atoms with Crippen molar-refractivity contribution in [2.75, 3.05) is 26.2 Å². The summed E-state index contributed by atoms with van der Waals surface area (Å²) < 4.78 is 0. The van der Waals surface area contributed by atoms with Crippen LogP contribution < -0.4 is 5.73 Å². The first-order valence-corrected chi connectivity index (χ1v) is 6.76. The first-order valence-electron chi connectivity index (χ1n) is 6.76. The SMILES string of the molecule is CCCN(CC(C)(C)CN)CC1(CC#N)CC1. The van der Waals surface area contributed by atoms with Gasteiger partial charge in [0.05, 0.1) is 6.07 Å². The monoisotopic (exact) mass is 237 g/mol. The van der Waals surface area contributed by atoms with Crippen LogP contribution in [-0.4, -0.2) is 31.1 Å². The summed E-state index contributed by atoms with van der Waals surface area (Å²) in [5.41, 5.74) is 6.30. The average Bonchev–Trinajstić information content (AvgIpc) is 2.98. The molecular weight excluding hydrogens is 210 g/mol. The van der Waals surface area contributed by atoms with Gasteiger partial charge in [0.25, 0.3) is 0 Å². The van der Waals surface area contributed by atoms with E-state index in [0.717, 1.165) is 32.6 Å². The fourth-order valence-electron chi connectivity index (χ4n) is 2.41. The Morgan fingerprint density at radius 2 is 2.06 bits per heavy atom. The zero-order chi connectivity index (χ0) is 12.9. The van der Waals surface area contributed by atoms with Crippen molar-refractivity contribution < 1.29 is 0 Å². The molecule has 0 heterocycles. The molecule has 0 atom stereocenters. The molecule has 1 aliphatic carbocycles. The fourth-order valence-corrected chi connectivity index (χ4v) is 2.41. The van der Waals surface area contributed by atoms with Gasteiger partial charge in [-0.25, -0.2) is 0 Å². The lowest BCUT2D eigenvalue weighted by atomic mass is 9.92. The van der Waals surface area contributed by atoms with Crippen LogP contribution in [0.2, 0.25) is 0 Å². The third kappa shape index (κ3) is 4.65. The predicted octanol–water partition coefficient (Wildman–Crippen LogP) is 2.38. The van der Waals surface area contributed by atoms with Gasteiger partial charge in [-0.15, -0.1) is 0 Å². The van der Waals surface area contributed by atoms with Gasteiger partial charge in [0, 0.05) is 19.5 Å². The van der Waals surface area contributed by atoms with Crippen molar-refractivity contribution in [1.29, 1.82) is 5.26 Å². The van der Waals surface area contributed by atoms with Gasteiger partial charge in [0.15, 0.2) is 0 Å². The Morgan fingerprint density at radius 3 is 2.47 bits per heavy atom. The Labute approximate surface area is 106 Å². The van der Waals surface area contributed by atoms with Crippen molar-refractivity contribution in [3.63, 3.8) is 0 Å². The van der Waals surface area contributed by atoms with Crippen LogP contribution in [0.15, 0.2) is 0 Å². The van der Waals surface area contributed by atoms with Gasteiger partial charge < -0.3 is 10.6 Å². The van der Waals surface area contributed by atoms with E-state index >= 15 is 0 Å². The molecule has 0 aromatic rings. The first-order chi connectivity index (χ1) is 7.97. The van der Waals surface area contributed by atoms with Gasteiger partial charge >= 0.3 is 0 Å². The zero-order valence-electron chi connectivity index (χ0n) is 11.6. The van der Waals surface area contributed by atoms with Gasteiger partial charge in [-0.2, -0.15) is 5.26 Å². The molecule has 3 heteroatoms. The van der Waals surface area contributed by atoms with E-state index in [0.29, 0.717) is 5.41 Å². The van der Waals surface area contributed by atoms with E-state index in [1.165, 1.54) is 19.3 Å². The normalized spacial score (nSPS) is 18.1. The molecule has 0 unspecified atom stereocenters. The molecular formula is C14H27N3. The van der Waals surface area contributed by atoms with Crippen LogP contribution in [0.1, 0.15) is 46.5 Å². The summed E-state index contributed by atoms with van der Waals surface area (Å²) in [7, 11) is 0. The molecule has 0 radical (unpaired) electrons. The van der Waals surface area contributed by atoms with Crippen LogP contribution in [-0.2, 0) is 0 Å². The van der Waals surface area contributed by atoms with E-state index in [-0.39, 0.29) is 5.41 Å². The lowest BCUT2D eigenvalue weighted by Crippen LogP contribution is -2.41. The second-order valence-electron chi connectivity index (χ2n) is 6.41. The smallest absolute Gasteiger partial charge is 0.0628 e. The molecule has 1 aliphatic rings. The third-order valence-corrected chi connectivity index (χ3v) is 3.71. The van der Waals surface area contributed by atoms with Crippen molar-refractivity contribution >= 4 is 0 Å². The standard InChI is InChI=1S/C14H27N3/c1-4-9-17(11-13(2,3)10-16)12-14(5-6-14)7-8-15/h4-7,9-12,16H2,1-3H3. The molecule has 0 bridgehead atoms. The topological polar surface area (TPSA) is 53.0 Å². The van der Waals surface area contributed by atoms with Gasteiger partial charge in [-0.3, -0.25) is 0 Å². The zero-order valence-corrected chi connectivity index (χ0v) is 11.6. The Morgan fingerprint density at radius 1 is 1.41 bits per heavy atom. The quantitative estimate of drug-likeness (QED) is 0.705. The van der Waals surface area contributed by atoms with Crippen molar-refractivity contribution in [2.24, 2.45) is 16.6 Å². The largest absolute Gasteiger partial charge is 0.330 e. The number of rotatable bonds is 8.